The monoisotopic (exact) mass is 685 g/mol. The van der Waals surface area contributed by atoms with Crippen molar-refractivity contribution in [1.82, 2.24) is 0 Å². The second-order valence-electron chi connectivity index (χ2n) is 20.7. The summed E-state index contributed by atoms with van der Waals surface area (Å²) in [5.41, 5.74) is -0.260. The first-order chi connectivity index (χ1) is 23.2. The van der Waals surface area contributed by atoms with Gasteiger partial charge in [-0.1, -0.05) is 100 Å². The summed E-state index contributed by atoms with van der Waals surface area (Å²) in [5, 5.41) is 35.4. The van der Waals surface area contributed by atoms with Crippen molar-refractivity contribution in [2.75, 3.05) is 0 Å². The lowest BCUT2D eigenvalue weighted by Crippen LogP contribution is -2.65. The average Bonchev–Trinajstić information content (AvgIpc) is 3.50. The van der Waals surface area contributed by atoms with Crippen molar-refractivity contribution in [3.8, 4) is 0 Å². The summed E-state index contributed by atoms with van der Waals surface area (Å²) in [6, 6.07) is 0. The number of aliphatic hydroxyl groups is 3. The lowest BCUT2D eigenvalue weighted by molar-refractivity contribution is -0.232. The molecule has 0 amide bonds. The van der Waals surface area contributed by atoms with Crippen LogP contribution in [0, 0.1) is 94.2 Å². The fourth-order valence-electron chi connectivity index (χ4n) is 14.5. The molecule has 5 aliphatic carbocycles. The zero-order chi connectivity index (χ0) is 35.4. The molecule has 284 valence electrons. The van der Waals surface area contributed by atoms with Crippen LogP contribution in [0.2, 0.25) is 0 Å². The van der Waals surface area contributed by atoms with Crippen LogP contribution in [-0.2, 0) is 4.74 Å². The van der Waals surface area contributed by atoms with Gasteiger partial charge in [-0.3, -0.25) is 0 Å². The minimum absolute atomic E-state index is 0.0860. The summed E-state index contributed by atoms with van der Waals surface area (Å²) in [6.07, 6.45) is 19.2. The average molecular weight is 685 g/mol. The SMILES string of the molecule is CC(C)CCC(CC1CCCCC1)CC1CCC(C2CC(C(C)C)C3CC4CC5CC(C)C(C(C)O)C(O)C5(C)C(C)C4C(O)C3C2C)O1. The van der Waals surface area contributed by atoms with Crippen LogP contribution in [0.15, 0.2) is 0 Å². The van der Waals surface area contributed by atoms with Gasteiger partial charge in [-0.25, -0.2) is 0 Å². The van der Waals surface area contributed by atoms with Gasteiger partial charge >= 0.3 is 0 Å². The second-order valence-corrected chi connectivity index (χ2v) is 20.7. The van der Waals surface area contributed by atoms with E-state index in [1.807, 2.05) is 6.92 Å². The van der Waals surface area contributed by atoms with Crippen molar-refractivity contribution in [3.05, 3.63) is 0 Å². The van der Waals surface area contributed by atoms with Crippen LogP contribution in [0.25, 0.3) is 0 Å². The molecule has 3 N–H and O–H groups in total. The Bertz CT molecular complexity index is 1050. The molecule has 1 aliphatic heterocycles. The standard InChI is InChI=1S/C45H80O4/c1-25(2)15-16-32(20-31-13-11-10-12-14-31)21-35-17-18-39(49-35)37-24-36(26(3)4)38-23-33-22-34-19-27(5)40(30(8)46)44(48)45(34,9)29(7)42(33)43(47)41(38)28(37)6/h25-44,46-48H,10-24H2,1-9H3. The fourth-order valence-corrected chi connectivity index (χ4v) is 14.5. The predicted octanol–water partition coefficient (Wildman–Crippen LogP) is 10.2. The van der Waals surface area contributed by atoms with Gasteiger partial charge in [0.2, 0.25) is 0 Å². The normalized spacial score (nSPS) is 49.0. The second kappa shape index (κ2) is 15.7. The molecule has 0 bridgehead atoms. The molecule has 1 saturated heterocycles. The molecule has 18 unspecified atom stereocenters. The minimum atomic E-state index is -0.520. The maximum absolute atomic E-state index is 12.7. The molecule has 5 saturated carbocycles. The first kappa shape index (κ1) is 38.6. The predicted molar refractivity (Wildman–Crippen MR) is 202 cm³/mol. The number of hydrogen-bond donors (Lipinski definition) is 3. The summed E-state index contributed by atoms with van der Waals surface area (Å²) in [6.45, 7) is 21.0. The smallest absolute Gasteiger partial charge is 0.0654 e. The van der Waals surface area contributed by atoms with Crippen molar-refractivity contribution in [3.63, 3.8) is 0 Å². The third-order valence-electron chi connectivity index (χ3n) is 17.3. The molecule has 4 heteroatoms. The van der Waals surface area contributed by atoms with Crippen LogP contribution < -0.4 is 0 Å². The Kier molecular flexibility index (Phi) is 12.3. The lowest BCUT2D eigenvalue weighted by atomic mass is 9.41. The van der Waals surface area contributed by atoms with Gasteiger partial charge in [0.1, 0.15) is 0 Å². The van der Waals surface area contributed by atoms with Crippen molar-refractivity contribution in [1.29, 1.82) is 0 Å². The molecule has 0 spiro atoms. The van der Waals surface area contributed by atoms with Crippen molar-refractivity contribution in [2.24, 2.45) is 94.2 Å². The van der Waals surface area contributed by atoms with Crippen LogP contribution in [0.3, 0.4) is 0 Å². The minimum Gasteiger partial charge on any atom is -0.393 e. The number of rotatable bonds is 10. The molecule has 6 rings (SSSR count). The van der Waals surface area contributed by atoms with Gasteiger partial charge in [-0.15, -0.1) is 0 Å². The van der Waals surface area contributed by atoms with Gasteiger partial charge < -0.3 is 20.1 Å². The van der Waals surface area contributed by atoms with Crippen LogP contribution >= 0.6 is 0 Å². The maximum atomic E-state index is 12.7. The lowest BCUT2D eigenvalue weighted by Gasteiger charge is -2.65. The van der Waals surface area contributed by atoms with E-state index in [4.69, 9.17) is 4.74 Å². The van der Waals surface area contributed by atoms with E-state index in [1.165, 1.54) is 83.5 Å². The van der Waals surface area contributed by atoms with Crippen molar-refractivity contribution in [2.45, 2.75) is 189 Å². The molecular weight excluding hydrogens is 604 g/mol. The van der Waals surface area contributed by atoms with E-state index in [-0.39, 0.29) is 29.3 Å². The molecular formula is C45H80O4. The molecule has 0 aromatic heterocycles. The van der Waals surface area contributed by atoms with Gasteiger partial charge in [-0.2, -0.15) is 0 Å². The highest BCUT2D eigenvalue weighted by molar-refractivity contribution is 5.12. The molecule has 0 aromatic rings. The highest BCUT2D eigenvalue weighted by atomic mass is 16.5. The highest BCUT2D eigenvalue weighted by Crippen LogP contribution is 2.66. The van der Waals surface area contributed by atoms with Gasteiger partial charge in [0.25, 0.3) is 0 Å². The van der Waals surface area contributed by atoms with Gasteiger partial charge in [0, 0.05) is 5.92 Å². The molecule has 6 fully saturated rings. The summed E-state index contributed by atoms with van der Waals surface area (Å²) < 4.78 is 7.18. The van der Waals surface area contributed by atoms with E-state index >= 15 is 0 Å². The van der Waals surface area contributed by atoms with Crippen LogP contribution in [0.4, 0.5) is 0 Å². The maximum Gasteiger partial charge on any atom is 0.0654 e. The van der Waals surface area contributed by atoms with Crippen molar-refractivity contribution < 1.29 is 20.1 Å². The van der Waals surface area contributed by atoms with Crippen molar-refractivity contribution >= 4 is 0 Å². The molecule has 4 nitrogen and oxygen atoms in total. The third-order valence-corrected chi connectivity index (χ3v) is 17.3. The Morgan fingerprint density at radius 2 is 1.49 bits per heavy atom. The first-order valence-corrected chi connectivity index (χ1v) is 21.9. The molecule has 0 aromatic carbocycles. The number of aliphatic hydroxyl groups excluding tert-OH is 3. The summed E-state index contributed by atoms with van der Waals surface area (Å²) in [7, 11) is 0. The van der Waals surface area contributed by atoms with Gasteiger partial charge in [0.05, 0.1) is 30.5 Å². The van der Waals surface area contributed by atoms with E-state index in [0.29, 0.717) is 65.5 Å². The van der Waals surface area contributed by atoms with Crippen LogP contribution in [0.5, 0.6) is 0 Å². The Balaban J connectivity index is 1.17. The van der Waals surface area contributed by atoms with Gasteiger partial charge in [-0.05, 0) is 147 Å². The zero-order valence-electron chi connectivity index (χ0n) is 33.4. The van der Waals surface area contributed by atoms with Gasteiger partial charge in [0.15, 0.2) is 0 Å². The quantitative estimate of drug-likeness (QED) is 0.214. The number of ether oxygens (including phenoxy) is 1. The summed E-state index contributed by atoms with van der Waals surface area (Å²) in [5.74, 6) is 7.39. The first-order valence-electron chi connectivity index (χ1n) is 21.9. The Morgan fingerprint density at radius 3 is 2.14 bits per heavy atom. The third kappa shape index (κ3) is 7.49. The largest absolute Gasteiger partial charge is 0.393 e. The zero-order valence-corrected chi connectivity index (χ0v) is 33.4. The molecule has 49 heavy (non-hydrogen) atoms. The van der Waals surface area contributed by atoms with Crippen LogP contribution in [0.1, 0.15) is 159 Å². The molecule has 0 radical (unpaired) electrons. The van der Waals surface area contributed by atoms with E-state index in [9.17, 15) is 15.3 Å². The topological polar surface area (TPSA) is 69.9 Å². The molecule has 1 heterocycles. The Labute approximate surface area is 302 Å². The Hall–Kier alpha value is -0.160. The fraction of sp³-hybridized carbons (Fsp3) is 1.00. The number of hydrogen-bond acceptors (Lipinski definition) is 4. The molecule has 18 atom stereocenters. The number of fused-ring (bicyclic) bond motifs is 3. The highest BCUT2D eigenvalue weighted by Gasteiger charge is 2.64. The van der Waals surface area contributed by atoms with Crippen LogP contribution in [-0.4, -0.2) is 45.8 Å². The Morgan fingerprint density at radius 1 is 0.776 bits per heavy atom. The van der Waals surface area contributed by atoms with E-state index in [2.05, 4.69) is 55.4 Å². The summed E-state index contributed by atoms with van der Waals surface area (Å²) in [4.78, 5) is 0. The van der Waals surface area contributed by atoms with E-state index in [1.54, 1.807) is 0 Å². The summed E-state index contributed by atoms with van der Waals surface area (Å²) >= 11 is 0. The molecule has 6 aliphatic rings. The van der Waals surface area contributed by atoms with E-state index < -0.39 is 12.2 Å². The van der Waals surface area contributed by atoms with E-state index in [0.717, 1.165) is 30.6 Å².